The third-order valence-corrected chi connectivity index (χ3v) is 1.27. The van der Waals surface area contributed by atoms with E-state index in [1.165, 1.54) is 6.07 Å². The van der Waals surface area contributed by atoms with Gasteiger partial charge in [-0.05, 0) is 6.07 Å². The first-order chi connectivity index (χ1) is 5.59. The third kappa shape index (κ3) is 1.91. The number of pyridine rings is 1. The van der Waals surface area contributed by atoms with Gasteiger partial charge in [0.1, 0.15) is 0 Å². The Morgan fingerprint density at radius 3 is 2.92 bits per heavy atom. The van der Waals surface area contributed by atoms with Gasteiger partial charge in [-0.15, -0.1) is 0 Å². The summed E-state index contributed by atoms with van der Waals surface area (Å²) in [5.41, 5.74) is 5.36. The highest BCUT2D eigenvalue weighted by molar-refractivity contribution is 5.69. The van der Waals surface area contributed by atoms with Gasteiger partial charge in [-0.1, -0.05) is 0 Å². The number of carbonyl (C=O) groups is 1. The van der Waals surface area contributed by atoms with Gasteiger partial charge in [0.15, 0.2) is 5.82 Å². The van der Waals surface area contributed by atoms with E-state index in [2.05, 4.69) is 4.98 Å². The van der Waals surface area contributed by atoms with Crippen molar-refractivity contribution in [1.29, 1.82) is 0 Å². The van der Waals surface area contributed by atoms with Crippen molar-refractivity contribution in [2.75, 3.05) is 5.73 Å². The number of nitrogen functional groups attached to an aromatic ring is 1. The van der Waals surface area contributed by atoms with E-state index in [4.69, 9.17) is 10.8 Å². The van der Waals surface area contributed by atoms with E-state index in [0.717, 1.165) is 6.20 Å². The van der Waals surface area contributed by atoms with Gasteiger partial charge in [-0.25, -0.2) is 4.39 Å². The SMILES string of the molecule is Nc1cc(CC(=O)O)ncc1F. The molecule has 64 valence electrons. The van der Waals surface area contributed by atoms with Crippen LogP contribution in [0, 0.1) is 5.82 Å². The first kappa shape index (κ1) is 8.45. The van der Waals surface area contributed by atoms with Crippen LogP contribution in [-0.2, 0) is 11.2 Å². The predicted octanol–water partition coefficient (Wildman–Crippen LogP) is 0.430. The van der Waals surface area contributed by atoms with E-state index >= 15 is 0 Å². The summed E-state index contributed by atoms with van der Waals surface area (Å²) in [6, 6.07) is 1.21. The molecule has 0 amide bonds. The topological polar surface area (TPSA) is 76.2 Å². The minimum absolute atomic E-state index is 0.0822. The van der Waals surface area contributed by atoms with Crippen LogP contribution in [0.3, 0.4) is 0 Å². The van der Waals surface area contributed by atoms with Crippen LogP contribution < -0.4 is 5.73 Å². The Morgan fingerprint density at radius 2 is 2.42 bits per heavy atom. The summed E-state index contributed by atoms with van der Waals surface area (Å²) in [6.07, 6.45) is 0.665. The second-order valence-corrected chi connectivity index (χ2v) is 2.27. The van der Waals surface area contributed by atoms with E-state index in [1.807, 2.05) is 0 Å². The summed E-state index contributed by atoms with van der Waals surface area (Å²) in [5.74, 6) is -1.65. The molecular weight excluding hydrogens is 163 g/mol. The number of carboxylic acids is 1. The Bertz CT molecular complexity index is 314. The number of halogens is 1. The van der Waals surface area contributed by atoms with E-state index in [0.29, 0.717) is 0 Å². The molecule has 0 aliphatic carbocycles. The molecule has 5 heteroatoms. The molecule has 0 radical (unpaired) electrons. The van der Waals surface area contributed by atoms with E-state index in [9.17, 15) is 9.18 Å². The van der Waals surface area contributed by atoms with Crippen LogP contribution in [0.15, 0.2) is 12.3 Å². The van der Waals surface area contributed by atoms with Crippen LogP contribution in [0.5, 0.6) is 0 Å². The summed E-state index contributed by atoms with van der Waals surface area (Å²) in [6.45, 7) is 0. The molecule has 0 unspecified atom stereocenters. The van der Waals surface area contributed by atoms with E-state index in [-0.39, 0.29) is 17.8 Å². The summed E-state index contributed by atoms with van der Waals surface area (Å²) in [4.78, 5) is 13.7. The molecule has 0 aromatic carbocycles. The molecule has 0 saturated carbocycles. The molecule has 0 aliphatic rings. The Hall–Kier alpha value is -1.65. The molecule has 1 heterocycles. The van der Waals surface area contributed by atoms with Gasteiger partial charge < -0.3 is 10.8 Å². The molecule has 0 atom stereocenters. The molecule has 0 bridgehead atoms. The van der Waals surface area contributed by atoms with Crippen molar-refractivity contribution < 1.29 is 14.3 Å². The quantitative estimate of drug-likeness (QED) is 0.674. The average molecular weight is 170 g/mol. The molecule has 3 N–H and O–H groups in total. The first-order valence-corrected chi connectivity index (χ1v) is 3.21. The molecule has 1 aromatic heterocycles. The Balaban J connectivity index is 2.89. The van der Waals surface area contributed by atoms with E-state index < -0.39 is 11.8 Å². The van der Waals surface area contributed by atoms with Crippen molar-refractivity contribution in [1.82, 2.24) is 4.98 Å². The molecule has 0 saturated heterocycles. The minimum Gasteiger partial charge on any atom is -0.481 e. The van der Waals surface area contributed by atoms with Crippen LogP contribution in [0.25, 0.3) is 0 Å². The maximum atomic E-state index is 12.5. The number of carboxylic acid groups (broad SMARTS) is 1. The normalized spacial score (nSPS) is 9.75. The standard InChI is InChI=1S/C7H7FN2O2/c8-5-3-10-4(1-6(5)9)2-7(11)12/h1,3H,2H2,(H2,9,10)(H,11,12). The van der Waals surface area contributed by atoms with Gasteiger partial charge in [-0.2, -0.15) is 0 Å². The summed E-state index contributed by atoms with van der Waals surface area (Å²) in [7, 11) is 0. The number of hydrogen-bond acceptors (Lipinski definition) is 3. The second kappa shape index (κ2) is 3.17. The number of rotatable bonds is 2. The zero-order valence-electron chi connectivity index (χ0n) is 6.12. The van der Waals surface area contributed by atoms with Crippen LogP contribution in [-0.4, -0.2) is 16.1 Å². The maximum absolute atomic E-state index is 12.5. The Kier molecular flexibility index (Phi) is 2.23. The van der Waals surface area contributed by atoms with Crippen molar-refractivity contribution >= 4 is 11.7 Å². The smallest absolute Gasteiger partial charge is 0.309 e. The lowest BCUT2D eigenvalue weighted by Gasteiger charge is -1.98. The van der Waals surface area contributed by atoms with Gasteiger partial charge in [0, 0.05) is 0 Å². The predicted molar refractivity (Wildman–Crippen MR) is 39.9 cm³/mol. The van der Waals surface area contributed by atoms with Crippen LogP contribution in [0.2, 0.25) is 0 Å². The number of aromatic nitrogens is 1. The monoisotopic (exact) mass is 170 g/mol. The van der Waals surface area contributed by atoms with Crippen LogP contribution >= 0.6 is 0 Å². The van der Waals surface area contributed by atoms with Crippen molar-refractivity contribution in [3.63, 3.8) is 0 Å². The fraction of sp³-hybridized carbons (Fsp3) is 0.143. The summed E-state index contributed by atoms with van der Waals surface area (Å²) >= 11 is 0. The summed E-state index contributed by atoms with van der Waals surface area (Å²) < 4.78 is 12.5. The summed E-state index contributed by atoms with van der Waals surface area (Å²) in [5, 5.41) is 8.35. The average Bonchev–Trinajstić information content (AvgIpc) is 1.96. The number of nitrogens with zero attached hydrogens (tertiary/aromatic N) is 1. The molecule has 0 fully saturated rings. The molecule has 0 spiro atoms. The highest BCUT2D eigenvalue weighted by Crippen LogP contribution is 2.09. The highest BCUT2D eigenvalue weighted by Gasteiger charge is 2.04. The molecule has 4 nitrogen and oxygen atoms in total. The zero-order chi connectivity index (χ0) is 9.14. The number of hydrogen-bond donors (Lipinski definition) is 2. The fourth-order valence-corrected chi connectivity index (χ4v) is 0.751. The lowest BCUT2D eigenvalue weighted by atomic mass is 10.2. The zero-order valence-corrected chi connectivity index (χ0v) is 6.12. The van der Waals surface area contributed by atoms with Crippen LogP contribution in [0.1, 0.15) is 5.69 Å². The van der Waals surface area contributed by atoms with Crippen LogP contribution in [0.4, 0.5) is 10.1 Å². The molecule has 1 aromatic rings. The Labute approximate surface area is 67.8 Å². The maximum Gasteiger partial charge on any atom is 0.309 e. The first-order valence-electron chi connectivity index (χ1n) is 3.21. The number of aliphatic carboxylic acids is 1. The van der Waals surface area contributed by atoms with Crippen molar-refractivity contribution in [3.05, 3.63) is 23.8 Å². The van der Waals surface area contributed by atoms with E-state index in [1.54, 1.807) is 0 Å². The molecule has 0 aliphatic heterocycles. The lowest BCUT2D eigenvalue weighted by molar-refractivity contribution is -0.136. The molecular formula is C7H7FN2O2. The van der Waals surface area contributed by atoms with Gasteiger partial charge in [0.2, 0.25) is 0 Å². The second-order valence-electron chi connectivity index (χ2n) is 2.27. The lowest BCUT2D eigenvalue weighted by Crippen LogP contribution is -2.04. The number of nitrogens with two attached hydrogens (primary N) is 1. The third-order valence-electron chi connectivity index (χ3n) is 1.27. The molecule has 12 heavy (non-hydrogen) atoms. The largest absolute Gasteiger partial charge is 0.481 e. The van der Waals surface area contributed by atoms with Gasteiger partial charge >= 0.3 is 5.97 Å². The van der Waals surface area contributed by atoms with Gasteiger partial charge in [0.25, 0.3) is 0 Å². The van der Waals surface area contributed by atoms with Gasteiger partial charge in [-0.3, -0.25) is 9.78 Å². The molecule has 1 rings (SSSR count). The Morgan fingerprint density at radius 1 is 1.75 bits per heavy atom. The fourth-order valence-electron chi connectivity index (χ4n) is 0.751. The minimum atomic E-state index is -1.02. The van der Waals surface area contributed by atoms with Crippen molar-refractivity contribution in [2.24, 2.45) is 0 Å². The highest BCUT2D eigenvalue weighted by atomic mass is 19.1. The van der Waals surface area contributed by atoms with Gasteiger partial charge in [0.05, 0.1) is 24.0 Å². The van der Waals surface area contributed by atoms with Crippen molar-refractivity contribution in [3.8, 4) is 0 Å². The van der Waals surface area contributed by atoms with Crippen molar-refractivity contribution in [2.45, 2.75) is 6.42 Å². The number of anilines is 1.